The van der Waals surface area contributed by atoms with Gasteiger partial charge in [-0.15, -0.1) is 0 Å². The van der Waals surface area contributed by atoms with E-state index in [0.717, 1.165) is 38.8 Å². The monoisotopic (exact) mass is 464 g/mol. The lowest BCUT2D eigenvalue weighted by atomic mass is 10.1. The third-order valence-electron chi connectivity index (χ3n) is 6.06. The van der Waals surface area contributed by atoms with Crippen molar-refractivity contribution in [1.82, 2.24) is 30.0 Å². The molecule has 10 heteroatoms. The van der Waals surface area contributed by atoms with Crippen LogP contribution < -0.4 is 5.32 Å². The van der Waals surface area contributed by atoms with E-state index in [-0.39, 0.29) is 6.03 Å². The van der Waals surface area contributed by atoms with Crippen LogP contribution in [-0.2, 0) is 4.74 Å². The fraction of sp³-hybridized carbons (Fsp3) is 0.160. The van der Waals surface area contributed by atoms with E-state index in [9.17, 15) is 4.79 Å². The van der Waals surface area contributed by atoms with Crippen molar-refractivity contribution in [3.63, 3.8) is 0 Å². The van der Waals surface area contributed by atoms with Crippen molar-refractivity contribution < 1.29 is 9.53 Å². The number of rotatable bonds is 3. The molecule has 5 aromatic rings. The van der Waals surface area contributed by atoms with Gasteiger partial charge in [0, 0.05) is 52.9 Å². The lowest BCUT2D eigenvalue weighted by Gasteiger charge is -2.26. The Morgan fingerprint density at radius 1 is 1.09 bits per heavy atom. The number of urea groups is 1. The Morgan fingerprint density at radius 2 is 1.94 bits per heavy atom. The normalized spacial score (nSPS) is 13.7. The molecule has 1 saturated heterocycles. The molecule has 0 aliphatic carbocycles. The zero-order valence-electron chi connectivity index (χ0n) is 18.6. The van der Waals surface area contributed by atoms with Crippen LogP contribution in [0.4, 0.5) is 16.2 Å². The third kappa shape index (κ3) is 3.84. The number of carbonyl (C=O) groups excluding carboxylic acids is 1. The summed E-state index contributed by atoms with van der Waals surface area (Å²) in [5.41, 5.74) is 5.93. The number of aromatic amines is 2. The van der Waals surface area contributed by atoms with Crippen LogP contribution in [0.1, 0.15) is 0 Å². The van der Waals surface area contributed by atoms with Crippen molar-refractivity contribution >= 4 is 39.3 Å². The van der Waals surface area contributed by atoms with E-state index in [0.29, 0.717) is 43.3 Å². The van der Waals surface area contributed by atoms with E-state index in [2.05, 4.69) is 35.3 Å². The zero-order chi connectivity index (χ0) is 23.8. The highest BCUT2D eigenvalue weighted by Crippen LogP contribution is 2.34. The van der Waals surface area contributed by atoms with Crippen LogP contribution in [-0.4, -0.2) is 62.4 Å². The fourth-order valence-corrected chi connectivity index (χ4v) is 4.27. The first-order valence-corrected chi connectivity index (χ1v) is 11.1. The number of morpholine rings is 1. The summed E-state index contributed by atoms with van der Waals surface area (Å²) < 4.78 is 5.31. The molecule has 5 heterocycles. The molecule has 0 atom stereocenters. The Bertz CT molecular complexity index is 1610. The van der Waals surface area contributed by atoms with Crippen molar-refractivity contribution in [2.24, 2.45) is 0 Å². The first-order chi connectivity index (χ1) is 17.2. The summed E-state index contributed by atoms with van der Waals surface area (Å²) in [5, 5.41) is 12.0. The Labute approximate surface area is 199 Å². The summed E-state index contributed by atoms with van der Waals surface area (Å²) in [6.07, 6.45) is 5.09. The molecule has 3 N–H and O–H groups in total. The number of anilines is 1. The quantitative estimate of drug-likeness (QED) is 0.338. The number of hydrogen-bond acceptors (Lipinski definition) is 5. The lowest BCUT2D eigenvalue weighted by molar-refractivity contribution is 0.0564. The molecule has 0 spiro atoms. The number of nitrogens with zero attached hydrogens (tertiary/aromatic N) is 5. The second kappa shape index (κ2) is 8.55. The molecule has 2 amide bonds. The van der Waals surface area contributed by atoms with E-state index in [1.807, 2.05) is 30.3 Å². The molecular weight excluding hydrogens is 444 g/mol. The highest BCUT2D eigenvalue weighted by molar-refractivity contribution is 6.00. The topological polar surface area (TPSA) is 116 Å². The number of fused-ring (bicyclic) bond motifs is 2. The van der Waals surface area contributed by atoms with E-state index in [1.165, 1.54) is 0 Å². The number of aromatic nitrogens is 5. The predicted octanol–water partition coefficient (Wildman–Crippen LogP) is 4.58. The van der Waals surface area contributed by atoms with Gasteiger partial charge < -0.3 is 19.9 Å². The van der Waals surface area contributed by atoms with Crippen molar-refractivity contribution in [3.8, 4) is 22.5 Å². The van der Waals surface area contributed by atoms with Gasteiger partial charge in [0.1, 0.15) is 0 Å². The number of amides is 2. The van der Waals surface area contributed by atoms with Crippen LogP contribution in [0.5, 0.6) is 0 Å². The Balaban J connectivity index is 1.33. The van der Waals surface area contributed by atoms with Crippen molar-refractivity contribution in [2.45, 2.75) is 0 Å². The Kier molecular flexibility index (Phi) is 5.09. The van der Waals surface area contributed by atoms with Gasteiger partial charge in [-0.3, -0.25) is 10.1 Å². The number of carbonyl (C=O) groups is 1. The molecule has 0 saturated carbocycles. The maximum absolute atomic E-state index is 12.6. The van der Waals surface area contributed by atoms with Crippen LogP contribution >= 0.6 is 0 Å². The predicted molar refractivity (Wildman–Crippen MR) is 132 cm³/mol. The molecule has 1 aliphatic rings. The van der Waals surface area contributed by atoms with Crippen molar-refractivity contribution in [3.05, 3.63) is 66.4 Å². The second-order valence-electron chi connectivity index (χ2n) is 8.22. The van der Waals surface area contributed by atoms with Gasteiger partial charge >= 0.3 is 6.03 Å². The van der Waals surface area contributed by atoms with Gasteiger partial charge in [-0.1, -0.05) is 12.1 Å². The molecule has 1 aliphatic heterocycles. The maximum atomic E-state index is 12.6. The minimum absolute atomic E-state index is 0.171. The van der Waals surface area contributed by atoms with Crippen LogP contribution in [0.15, 0.2) is 55.0 Å². The minimum atomic E-state index is -0.171. The third-order valence-corrected chi connectivity index (χ3v) is 6.06. The van der Waals surface area contributed by atoms with E-state index < -0.39 is 0 Å². The Morgan fingerprint density at radius 3 is 2.80 bits per heavy atom. The molecule has 1 aromatic carbocycles. The van der Waals surface area contributed by atoms with Crippen molar-refractivity contribution in [2.75, 3.05) is 31.6 Å². The molecule has 0 radical (unpaired) electrons. The summed E-state index contributed by atoms with van der Waals surface area (Å²) in [6, 6.07) is 11.2. The Hall–Kier alpha value is -4.75. The van der Waals surface area contributed by atoms with Crippen LogP contribution in [0.2, 0.25) is 0 Å². The van der Waals surface area contributed by atoms with E-state index in [4.69, 9.17) is 11.3 Å². The summed E-state index contributed by atoms with van der Waals surface area (Å²) in [7, 11) is 0. The number of ether oxygens (including phenoxy) is 1. The van der Waals surface area contributed by atoms with Crippen LogP contribution in [0.3, 0.4) is 0 Å². The van der Waals surface area contributed by atoms with Gasteiger partial charge in [-0.05, 0) is 24.3 Å². The summed E-state index contributed by atoms with van der Waals surface area (Å²) >= 11 is 0. The van der Waals surface area contributed by atoms with E-state index >= 15 is 0 Å². The smallest absolute Gasteiger partial charge is 0.322 e. The first-order valence-electron chi connectivity index (χ1n) is 11.1. The molecule has 10 nitrogen and oxygen atoms in total. The fourth-order valence-electron chi connectivity index (χ4n) is 4.27. The highest BCUT2D eigenvalue weighted by Gasteiger charge is 2.18. The maximum Gasteiger partial charge on any atom is 0.322 e. The molecule has 4 aromatic heterocycles. The molecule has 172 valence electrons. The van der Waals surface area contributed by atoms with Crippen molar-refractivity contribution in [1.29, 1.82) is 0 Å². The number of pyridine rings is 2. The lowest BCUT2D eigenvalue weighted by Crippen LogP contribution is -2.43. The SMILES string of the molecule is [C-]#[N+]c1cccc2[nH]c(-c3[nH]nc4ncc(-c5cncc(NC(=O)N6CCOCC6)c5)cc34)cc12. The number of benzene rings is 1. The second-order valence-corrected chi connectivity index (χ2v) is 8.22. The van der Waals surface area contributed by atoms with Gasteiger partial charge in [0.25, 0.3) is 0 Å². The molecule has 0 bridgehead atoms. The van der Waals surface area contributed by atoms with Gasteiger partial charge in [-0.2, -0.15) is 5.10 Å². The van der Waals surface area contributed by atoms with Gasteiger partial charge in [0.15, 0.2) is 11.3 Å². The zero-order valence-corrected chi connectivity index (χ0v) is 18.6. The minimum Gasteiger partial charge on any atom is -0.378 e. The molecule has 0 unspecified atom stereocenters. The molecule has 35 heavy (non-hydrogen) atoms. The van der Waals surface area contributed by atoms with Crippen LogP contribution in [0.25, 0.3) is 49.3 Å². The molecule has 6 rings (SSSR count). The molecule has 1 fully saturated rings. The summed E-state index contributed by atoms with van der Waals surface area (Å²) in [5.74, 6) is 0. The standard InChI is InChI=1S/C25H20N8O2/c1-26-20-3-2-4-21-18(20)11-22(30-21)23-19-10-16(13-28-24(19)32-31-23)15-9-17(14-27-12-15)29-25(34)33-5-7-35-8-6-33/h2-4,9-14,30H,5-8H2,(H,29,34)(H,28,31,32). The van der Waals surface area contributed by atoms with Gasteiger partial charge in [0.2, 0.25) is 0 Å². The molecular formula is C25H20N8O2. The number of hydrogen-bond donors (Lipinski definition) is 3. The van der Waals surface area contributed by atoms with Gasteiger partial charge in [0.05, 0.1) is 43.1 Å². The average molecular weight is 464 g/mol. The highest BCUT2D eigenvalue weighted by atomic mass is 16.5. The number of nitrogens with one attached hydrogen (secondary N) is 3. The number of H-pyrrole nitrogens is 2. The summed E-state index contributed by atoms with van der Waals surface area (Å²) in [6.45, 7) is 9.63. The average Bonchev–Trinajstić information content (AvgIpc) is 3.53. The van der Waals surface area contributed by atoms with Gasteiger partial charge in [-0.25, -0.2) is 14.6 Å². The largest absolute Gasteiger partial charge is 0.378 e. The summed E-state index contributed by atoms with van der Waals surface area (Å²) in [4.78, 5) is 30.1. The van der Waals surface area contributed by atoms with E-state index in [1.54, 1.807) is 29.6 Å². The van der Waals surface area contributed by atoms with Crippen LogP contribution in [0, 0.1) is 6.57 Å². The first kappa shape index (κ1) is 20.8.